The van der Waals surface area contributed by atoms with Gasteiger partial charge in [-0.25, -0.2) is 4.98 Å². The van der Waals surface area contributed by atoms with Gasteiger partial charge in [0.2, 0.25) is 0 Å². The summed E-state index contributed by atoms with van der Waals surface area (Å²) in [5.74, 6) is 0.574. The number of phenols is 1. The molecule has 0 saturated heterocycles. The van der Waals surface area contributed by atoms with E-state index in [1.54, 1.807) is 19.2 Å². The van der Waals surface area contributed by atoms with E-state index in [4.69, 9.17) is 0 Å². The van der Waals surface area contributed by atoms with E-state index in [1.807, 2.05) is 19.1 Å². The lowest BCUT2D eigenvalue weighted by Gasteiger charge is -2.58. The minimum absolute atomic E-state index is 0.177. The molecule has 1 saturated carbocycles. The lowest BCUT2D eigenvalue weighted by molar-refractivity contribution is -0.205. The number of fused-ring (bicyclic) bond motifs is 3. The molecule has 1 aromatic carbocycles. The van der Waals surface area contributed by atoms with Gasteiger partial charge < -0.3 is 15.3 Å². The van der Waals surface area contributed by atoms with Gasteiger partial charge in [0, 0.05) is 16.5 Å². The van der Waals surface area contributed by atoms with Crippen LogP contribution >= 0.6 is 11.3 Å². The highest BCUT2D eigenvalue weighted by atomic mass is 32.1. The summed E-state index contributed by atoms with van der Waals surface area (Å²) >= 11 is 1.47. The number of phenolic OH excluding ortho intramolecular Hbond substituents is 1. The van der Waals surface area contributed by atoms with Gasteiger partial charge in [-0.15, -0.1) is 11.3 Å². The predicted octanol–water partition coefficient (Wildman–Crippen LogP) is 3.80. The maximum Gasteiger partial charge on any atom is 0.144 e. The molecule has 5 heteroatoms. The van der Waals surface area contributed by atoms with Crippen molar-refractivity contribution in [2.24, 2.45) is 5.92 Å². The topological polar surface area (TPSA) is 73.6 Å². The molecule has 2 aliphatic rings. The van der Waals surface area contributed by atoms with Gasteiger partial charge in [-0.3, -0.25) is 0 Å². The Morgan fingerprint density at radius 2 is 2.08 bits per heavy atom. The van der Waals surface area contributed by atoms with E-state index in [1.165, 1.54) is 22.5 Å². The molecule has 0 aliphatic heterocycles. The number of rotatable bonds is 2. The number of hydrogen-bond acceptors (Lipinski definition) is 5. The quantitative estimate of drug-likeness (QED) is 0.749. The summed E-state index contributed by atoms with van der Waals surface area (Å²) in [6.07, 6.45) is 5.53. The monoisotopic (exact) mass is 373 g/mol. The van der Waals surface area contributed by atoms with Gasteiger partial charge in [0.25, 0.3) is 0 Å². The van der Waals surface area contributed by atoms with Gasteiger partial charge in [-0.2, -0.15) is 0 Å². The highest BCUT2D eigenvalue weighted by molar-refractivity contribution is 7.11. The number of aliphatic hydroxyl groups is 2. The third-order valence-electron chi connectivity index (χ3n) is 6.87. The number of aromatic nitrogens is 1. The minimum atomic E-state index is -1.32. The molecule has 3 N–H and O–H groups in total. The van der Waals surface area contributed by atoms with Crippen LogP contribution in [0.3, 0.4) is 0 Å². The third kappa shape index (κ3) is 2.37. The Morgan fingerprint density at radius 3 is 2.73 bits per heavy atom. The minimum Gasteiger partial charge on any atom is -0.508 e. The molecular weight excluding hydrogens is 346 g/mol. The summed E-state index contributed by atoms with van der Waals surface area (Å²) in [6.45, 7) is 5.90. The Bertz CT molecular complexity index is 846. The van der Waals surface area contributed by atoms with Crippen molar-refractivity contribution in [3.05, 3.63) is 45.4 Å². The molecule has 4 atom stereocenters. The van der Waals surface area contributed by atoms with Crippen LogP contribution in [0.25, 0.3) is 0 Å². The average Bonchev–Trinajstić information content (AvgIpc) is 3.02. The van der Waals surface area contributed by atoms with Crippen molar-refractivity contribution in [3.63, 3.8) is 0 Å². The van der Waals surface area contributed by atoms with Gasteiger partial charge in [-0.05, 0) is 75.1 Å². The number of hydrogen-bond donors (Lipinski definition) is 3. The summed E-state index contributed by atoms with van der Waals surface area (Å²) in [4.78, 5) is 5.47. The lowest BCUT2D eigenvalue weighted by atomic mass is 9.49. The smallest absolute Gasteiger partial charge is 0.144 e. The van der Waals surface area contributed by atoms with Crippen LogP contribution < -0.4 is 0 Å². The van der Waals surface area contributed by atoms with Crippen LogP contribution in [0, 0.1) is 12.8 Å². The van der Waals surface area contributed by atoms with Crippen LogP contribution in [0.2, 0.25) is 0 Å². The molecule has 4 rings (SSSR count). The normalized spacial score (nSPS) is 36.4. The molecule has 0 radical (unpaired) electrons. The van der Waals surface area contributed by atoms with E-state index in [0.717, 1.165) is 24.1 Å². The Hall–Kier alpha value is -1.43. The standard InChI is InChI=1S/C21H27NO3S/c1-4-20-12-19(3,24)21(25,18-22-11-13(2)26-18)10-15(20)6-5-14-9-16(23)7-8-17(14)20/h7-9,11,15,23-25H,4-6,10,12H2,1-3H3/t15-,19-,20-,21-/m1/s1. The van der Waals surface area contributed by atoms with E-state index < -0.39 is 11.2 Å². The molecule has 2 aromatic rings. The molecule has 1 heterocycles. The molecule has 4 nitrogen and oxygen atoms in total. The van der Waals surface area contributed by atoms with Crippen molar-refractivity contribution in [3.8, 4) is 5.75 Å². The van der Waals surface area contributed by atoms with Crippen LogP contribution in [0.15, 0.2) is 24.4 Å². The molecule has 140 valence electrons. The molecular formula is C21H27NO3S. The van der Waals surface area contributed by atoms with Crippen molar-refractivity contribution in [1.82, 2.24) is 4.98 Å². The number of aryl methyl sites for hydroxylation is 2. The van der Waals surface area contributed by atoms with Gasteiger partial charge >= 0.3 is 0 Å². The second kappa shape index (κ2) is 5.78. The molecule has 1 aromatic heterocycles. The first-order valence-corrected chi connectivity index (χ1v) is 10.2. The zero-order valence-corrected chi connectivity index (χ0v) is 16.4. The van der Waals surface area contributed by atoms with Crippen molar-refractivity contribution in [2.45, 2.75) is 69.5 Å². The second-order valence-corrected chi connectivity index (χ2v) is 9.61. The Morgan fingerprint density at radius 1 is 1.31 bits per heavy atom. The fourth-order valence-corrected chi connectivity index (χ4v) is 6.43. The highest BCUT2D eigenvalue weighted by Crippen LogP contribution is 2.60. The van der Waals surface area contributed by atoms with Crippen LogP contribution in [0.1, 0.15) is 60.5 Å². The molecule has 0 unspecified atom stereocenters. The van der Waals surface area contributed by atoms with Gasteiger partial charge in [0.05, 0.1) is 5.60 Å². The van der Waals surface area contributed by atoms with Gasteiger partial charge in [-0.1, -0.05) is 13.0 Å². The zero-order valence-electron chi connectivity index (χ0n) is 15.6. The van der Waals surface area contributed by atoms with Crippen molar-refractivity contribution in [2.75, 3.05) is 0 Å². The molecule has 0 spiro atoms. The van der Waals surface area contributed by atoms with Crippen molar-refractivity contribution < 1.29 is 15.3 Å². The summed E-state index contributed by atoms with van der Waals surface area (Å²) in [5.41, 5.74) is -0.357. The first-order valence-electron chi connectivity index (χ1n) is 9.42. The zero-order chi connectivity index (χ0) is 18.7. The number of thiazole rings is 1. The number of nitrogens with zero attached hydrogens (tertiary/aromatic N) is 1. The van der Waals surface area contributed by atoms with E-state index in [-0.39, 0.29) is 11.3 Å². The Kier molecular flexibility index (Phi) is 3.99. The molecule has 0 amide bonds. The summed E-state index contributed by atoms with van der Waals surface area (Å²) < 4.78 is 0. The third-order valence-corrected chi connectivity index (χ3v) is 7.93. The summed E-state index contributed by atoms with van der Waals surface area (Å²) in [6, 6.07) is 5.63. The summed E-state index contributed by atoms with van der Waals surface area (Å²) in [5, 5.41) is 33.5. The largest absolute Gasteiger partial charge is 0.508 e. The van der Waals surface area contributed by atoms with Crippen LogP contribution in [-0.4, -0.2) is 25.9 Å². The second-order valence-electron chi connectivity index (χ2n) is 8.38. The van der Waals surface area contributed by atoms with Crippen LogP contribution in [0.4, 0.5) is 0 Å². The fraction of sp³-hybridized carbons (Fsp3) is 0.571. The fourth-order valence-electron chi connectivity index (χ4n) is 5.44. The van der Waals surface area contributed by atoms with Crippen LogP contribution in [-0.2, 0) is 17.4 Å². The maximum absolute atomic E-state index is 11.6. The van der Waals surface area contributed by atoms with E-state index in [0.29, 0.717) is 23.6 Å². The predicted molar refractivity (Wildman–Crippen MR) is 102 cm³/mol. The molecule has 2 aliphatic carbocycles. The highest BCUT2D eigenvalue weighted by Gasteiger charge is 2.61. The molecule has 0 bridgehead atoms. The Balaban J connectivity index is 1.83. The van der Waals surface area contributed by atoms with E-state index >= 15 is 0 Å². The first-order chi connectivity index (χ1) is 12.2. The lowest BCUT2D eigenvalue weighted by Crippen LogP contribution is -2.62. The summed E-state index contributed by atoms with van der Waals surface area (Å²) in [7, 11) is 0. The first kappa shape index (κ1) is 18.0. The maximum atomic E-state index is 11.6. The van der Waals surface area contributed by atoms with Gasteiger partial charge in [0.1, 0.15) is 16.4 Å². The van der Waals surface area contributed by atoms with E-state index in [9.17, 15) is 15.3 Å². The number of benzene rings is 1. The molecule has 1 fully saturated rings. The average molecular weight is 374 g/mol. The van der Waals surface area contributed by atoms with Crippen molar-refractivity contribution >= 4 is 11.3 Å². The SMILES string of the molecule is CC[C@@]12C[C@@](C)(O)[C@](O)(c3ncc(C)s3)C[C@H]1CCc1cc(O)ccc12. The Labute approximate surface area is 158 Å². The molecule has 26 heavy (non-hydrogen) atoms. The van der Waals surface area contributed by atoms with Crippen LogP contribution in [0.5, 0.6) is 5.75 Å². The van der Waals surface area contributed by atoms with E-state index in [2.05, 4.69) is 11.9 Å². The number of aromatic hydroxyl groups is 1. The van der Waals surface area contributed by atoms with Gasteiger partial charge in [0.15, 0.2) is 0 Å². The van der Waals surface area contributed by atoms with Crippen molar-refractivity contribution in [1.29, 1.82) is 0 Å².